The van der Waals surface area contributed by atoms with E-state index in [1.54, 1.807) is 19.9 Å². The van der Waals surface area contributed by atoms with E-state index in [1.165, 1.54) is 23.8 Å². The number of fused-ring (bicyclic) bond motifs is 1. The quantitative estimate of drug-likeness (QED) is 0.309. The summed E-state index contributed by atoms with van der Waals surface area (Å²) in [5, 5.41) is 5.50. The van der Waals surface area contributed by atoms with E-state index in [9.17, 15) is 14.4 Å². The number of thiophene rings is 1. The first-order valence-electron chi connectivity index (χ1n) is 10.6. The first-order chi connectivity index (χ1) is 15.7. The molecule has 0 spiro atoms. The number of carbonyl (C=O) groups excluding carboxylic acids is 3. The van der Waals surface area contributed by atoms with Crippen molar-refractivity contribution in [3.63, 3.8) is 0 Å². The lowest BCUT2D eigenvalue weighted by atomic mass is 10.1. The van der Waals surface area contributed by atoms with Crippen LogP contribution in [0.15, 0.2) is 30.3 Å². The van der Waals surface area contributed by atoms with Gasteiger partial charge in [-0.2, -0.15) is 5.10 Å². The fraction of sp³-hybridized carbons (Fsp3) is 0.280. The summed E-state index contributed by atoms with van der Waals surface area (Å²) in [7, 11) is 0. The molecule has 170 valence electrons. The highest BCUT2D eigenvalue weighted by Gasteiger charge is 2.22. The smallest absolute Gasteiger partial charge is 0.348 e. The number of ketones is 2. The van der Waals surface area contributed by atoms with Crippen molar-refractivity contribution >= 4 is 39.1 Å². The minimum atomic E-state index is -0.557. The highest BCUT2D eigenvalue weighted by molar-refractivity contribution is 7.20. The zero-order valence-electron chi connectivity index (χ0n) is 19.2. The number of aromatic nitrogens is 3. The lowest BCUT2D eigenvalue weighted by Crippen LogP contribution is -2.15. The van der Waals surface area contributed by atoms with Crippen molar-refractivity contribution in [2.75, 3.05) is 6.61 Å². The van der Waals surface area contributed by atoms with Crippen LogP contribution < -0.4 is 0 Å². The number of carbonyl (C=O) groups is 3. The molecular weight excluding hydrogens is 438 g/mol. The maximum absolute atomic E-state index is 12.7. The number of esters is 1. The molecule has 4 rings (SSSR count). The molecule has 8 heteroatoms. The number of nitrogens with one attached hydrogen (secondary N) is 1. The molecule has 0 saturated carbocycles. The van der Waals surface area contributed by atoms with Crippen LogP contribution in [-0.2, 0) is 11.3 Å². The number of Topliss-reactive ketones (excluding diaryl/α,β-unsaturated/α-hetero) is 2. The van der Waals surface area contributed by atoms with Crippen molar-refractivity contribution < 1.29 is 19.1 Å². The highest BCUT2D eigenvalue weighted by Crippen LogP contribution is 2.29. The molecule has 0 aliphatic rings. The Morgan fingerprint density at radius 3 is 2.42 bits per heavy atom. The van der Waals surface area contributed by atoms with Gasteiger partial charge >= 0.3 is 5.97 Å². The first kappa shape index (κ1) is 22.7. The monoisotopic (exact) mass is 463 g/mol. The molecule has 4 aromatic rings. The summed E-state index contributed by atoms with van der Waals surface area (Å²) in [5.74, 6) is -1.05. The average molecular weight is 464 g/mol. The molecule has 0 unspecified atom stereocenters. The summed E-state index contributed by atoms with van der Waals surface area (Å²) in [6.45, 7) is 9.06. The molecule has 1 aromatic carbocycles. The number of aromatic amines is 1. The second-order valence-corrected chi connectivity index (χ2v) is 9.27. The summed E-state index contributed by atoms with van der Waals surface area (Å²) in [6.07, 6.45) is 0. The third-order valence-electron chi connectivity index (χ3n) is 5.66. The second-order valence-electron chi connectivity index (χ2n) is 8.24. The van der Waals surface area contributed by atoms with Crippen molar-refractivity contribution in [3.05, 3.63) is 74.5 Å². The van der Waals surface area contributed by atoms with Gasteiger partial charge in [0.1, 0.15) is 9.71 Å². The third kappa shape index (κ3) is 4.39. The van der Waals surface area contributed by atoms with Gasteiger partial charge in [0.05, 0.1) is 17.9 Å². The largest absolute Gasteiger partial charge is 0.453 e. The van der Waals surface area contributed by atoms with E-state index >= 15 is 0 Å². The van der Waals surface area contributed by atoms with Crippen LogP contribution in [0.5, 0.6) is 0 Å². The van der Waals surface area contributed by atoms with Crippen LogP contribution in [0.4, 0.5) is 0 Å². The van der Waals surface area contributed by atoms with Crippen LogP contribution in [0, 0.1) is 27.7 Å². The van der Waals surface area contributed by atoms with Gasteiger partial charge in [0.2, 0.25) is 5.78 Å². The van der Waals surface area contributed by atoms with Gasteiger partial charge in [0.25, 0.3) is 0 Å². The molecule has 0 amide bonds. The minimum absolute atomic E-state index is 0.113. The van der Waals surface area contributed by atoms with E-state index in [-0.39, 0.29) is 11.6 Å². The van der Waals surface area contributed by atoms with Crippen molar-refractivity contribution in [1.82, 2.24) is 14.8 Å². The Morgan fingerprint density at radius 1 is 1.09 bits per heavy atom. The lowest BCUT2D eigenvalue weighted by Gasteiger charge is -2.04. The van der Waals surface area contributed by atoms with Crippen LogP contribution >= 0.6 is 11.3 Å². The van der Waals surface area contributed by atoms with E-state index in [1.807, 2.05) is 18.5 Å². The zero-order chi connectivity index (χ0) is 23.9. The SMILES string of the molecule is CC(=O)c1c(C)[nH]c(C(=O)COC(=O)c2cc3c(C)nn(Cc4ccc(C)cc4)c3s2)c1C. The van der Waals surface area contributed by atoms with Gasteiger partial charge in [-0.15, -0.1) is 11.3 Å². The molecular formula is C25H25N3O4S. The number of nitrogens with zero attached hydrogens (tertiary/aromatic N) is 2. The molecule has 0 atom stereocenters. The van der Waals surface area contributed by atoms with Gasteiger partial charge < -0.3 is 9.72 Å². The average Bonchev–Trinajstić information content (AvgIpc) is 3.41. The number of hydrogen-bond acceptors (Lipinski definition) is 6. The van der Waals surface area contributed by atoms with E-state index in [0.29, 0.717) is 33.9 Å². The number of benzene rings is 1. The van der Waals surface area contributed by atoms with Crippen molar-refractivity contribution in [2.45, 2.75) is 41.2 Å². The number of hydrogen-bond donors (Lipinski definition) is 1. The van der Waals surface area contributed by atoms with Crippen molar-refractivity contribution in [3.8, 4) is 0 Å². The van der Waals surface area contributed by atoms with Gasteiger partial charge in [-0.25, -0.2) is 4.79 Å². The fourth-order valence-corrected chi connectivity index (χ4v) is 5.07. The molecule has 0 aliphatic carbocycles. The molecule has 0 aliphatic heterocycles. The first-order valence-corrected chi connectivity index (χ1v) is 11.4. The Bertz CT molecular complexity index is 1390. The summed E-state index contributed by atoms with van der Waals surface area (Å²) in [5.41, 5.74) is 5.16. The number of ether oxygens (including phenoxy) is 1. The maximum Gasteiger partial charge on any atom is 0.348 e. The van der Waals surface area contributed by atoms with Gasteiger partial charge in [-0.05, 0) is 51.8 Å². The normalized spacial score (nSPS) is 11.2. The van der Waals surface area contributed by atoms with Gasteiger partial charge in [0.15, 0.2) is 12.4 Å². The van der Waals surface area contributed by atoms with Crippen molar-refractivity contribution in [1.29, 1.82) is 0 Å². The number of H-pyrrole nitrogens is 1. The van der Waals surface area contributed by atoms with Crippen molar-refractivity contribution in [2.24, 2.45) is 0 Å². The second kappa shape index (κ2) is 8.78. The molecule has 3 aromatic heterocycles. The highest BCUT2D eigenvalue weighted by atomic mass is 32.1. The summed E-state index contributed by atoms with van der Waals surface area (Å²) in [4.78, 5) is 41.3. The molecule has 0 radical (unpaired) electrons. The fourth-order valence-electron chi connectivity index (χ4n) is 4.02. The Kier molecular flexibility index (Phi) is 6.03. The Labute approximate surface area is 195 Å². The van der Waals surface area contributed by atoms with E-state index in [2.05, 4.69) is 34.3 Å². The maximum atomic E-state index is 12.7. The standard InChI is InChI=1S/C25H25N3O4S/c1-13-6-8-18(9-7-13)11-28-24-19(15(3)27-28)10-21(33-24)25(31)32-12-20(30)23-14(2)22(17(5)29)16(4)26-23/h6-10,26H,11-12H2,1-5H3. The Balaban J connectivity index is 1.50. The predicted octanol–water partition coefficient (Wildman–Crippen LogP) is 4.95. The van der Waals surface area contributed by atoms with Gasteiger partial charge in [0, 0.05) is 16.6 Å². The van der Waals surface area contributed by atoms with Crippen LogP contribution in [0.2, 0.25) is 0 Å². The van der Waals surface area contributed by atoms with Crippen LogP contribution in [0.1, 0.15) is 65.5 Å². The zero-order valence-corrected chi connectivity index (χ0v) is 20.1. The number of rotatable bonds is 7. The summed E-state index contributed by atoms with van der Waals surface area (Å²) in [6, 6.07) is 10.0. The molecule has 0 fully saturated rings. The van der Waals surface area contributed by atoms with E-state index in [0.717, 1.165) is 21.5 Å². The molecule has 7 nitrogen and oxygen atoms in total. The third-order valence-corrected chi connectivity index (χ3v) is 6.79. The molecule has 1 N–H and O–H groups in total. The molecule has 0 bridgehead atoms. The van der Waals surface area contributed by atoms with Crippen LogP contribution in [0.3, 0.4) is 0 Å². The topological polar surface area (TPSA) is 94.0 Å². The number of aryl methyl sites for hydroxylation is 3. The predicted molar refractivity (Wildman–Crippen MR) is 128 cm³/mol. The molecule has 33 heavy (non-hydrogen) atoms. The summed E-state index contributed by atoms with van der Waals surface area (Å²) >= 11 is 1.30. The van der Waals surface area contributed by atoms with Crippen LogP contribution in [0.25, 0.3) is 10.2 Å². The summed E-state index contributed by atoms with van der Waals surface area (Å²) < 4.78 is 7.19. The Morgan fingerprint density at radius 2 is 1.79 bits per heavy atom. The molecule has 0 saturated heterocycles. The molecule has 3 heterocycles. The van der Waals surface area contributed by atoms with E-state index in [4.69, 9.17) is 4.74 Å². The van der Waals surface area contributed by atoms with E-state index < -0.39 is 12.6 Å². The van der Waals surface area contributed by atoms with Crippen LogP contribution in [-0.4, -0.2) is 38.9 Å². The Hall–Kier alpha value is -3.52. The minimum Gasteiger partial charge on any atom is -0.453 e. The van der Waals surface area contributed by atoms with Gasteiger partial charge in [-0.1, -0.05) is 29.8 Å². The van der Waals surface area contributed by atoms with Gasteiger partial charge in [-0.3, -0.25) is 14.3 Å². The lowest BCUT2D eigenvalue weighted by molar-refractivity contribution is 0.0478.